The second-order valence-corrected chi connectivity index (χ2v) is 8.17. The molecule has 27 heavy (non-hydrogen) atoms. The Bertz CT molecular complexity index is 763. The van der Waals surface area contributed by atoms with Gasteiger partial charge in [-0.2, -0.15) is 0 Å². The van der Waals surface area contributed by atoms with Crippen molar-refractivity contribution in [2.45, 2.75) is 59.9 Å². The fourth-order valence-electron chi connectivity index (χ4n) is 2.65. The average Bonchev–Trinajstić information content (AvgIpc) is 3.12. The Balaban J connectivity index is 2.21. The number of thiazole rings is 1. The molecule has 1 aromatic heterocycles. The van der Waals surface area contributed by atoms with Crippen LogP contribution in [0, 0.1) is 5.92 Å². The van der Waals surface area contributed by atoms with Crippen molar-refractivity contribution in [2.75, 3.05) is 0 Å². The number of hydrogen-bond acceptors (Lipinski definition) is 5. The topological polar surface area (TPSA) is 62.7 Å². The third-order valence-corrected chi connectivity index (χ3v) is 5.66. The molecule has 0 aliphatic carbocycles. The van der Waals surface area contributed by atoms with Gasteiger partial charge in [-0.3, -0.25) is 4.79 Å². The van der Waals surface area contributed by atoms with Crippen LogP contribution in [0.15, 0.2) is 23.6 Å². The van der Waals surface area contributed by atoms with Gasteiger partial charge < -0.3 is 14.7 Å². The van der Waals surface area contributed by atoms with Gasteiger partial charge in [-0.15, -0.1) is 11.3 Å². The maximum absolute atomic E-state index is 12.5. The first-order valence-electron chi connectivity index (χ1n) is 9.10. The zero-order valence-electron chi connectivity index (χ0n) is 16.2. The molecule has 0 bridgehead atoms. The fraction of sp³-hybridized carbons (Fsp3) is 0.500. The normalized spacial score (nSPS) is 12.3. The van der Waals surface area contributed by atoms with Crippen LogP contribution in [0.1, 0.15) is 50.4 Å². The maximum atomic E-state index is 12.5. The van der Waals surface area contributed by atoms with Crippen molar-refractivity contribution < 1.29 is 14.6 Å². The lowest BCUT2D eigenvalue weighted by Crippen LogP contribution is -2.40. The molecule has 5 nitrogen and oxygen atoms in total. The second kappa shape index (κ2) is 10.1. The summed E-state index contributed by atoms with van der Waals surface area (Å²) >= 11 is 7.64. The van der Waals surface area contributed by atoms with Crippen LogP contribution in [0.2, 0.25) is 5.02 Å². The predicted molar refractivity (Wildman–Crippen MR) is 109 cm³/mol. The molecule has 1 amide bonds. The molecule has 0 spiro atoms. The minimum Gasteiger partial charge on any atom is -0.486 e. The van der Waals surface area contributed by atoms with E-state index in [0.29, 0.717) is 42.0 Å². The van der Waals surface area contributed by atoms with Gasteiger partial charge in [0.15, 0.2) is 0 Å². The number of ether oxygens (including phenoxy) is 1. The summed E-state index contributed by atoms with van der Waals surface area (Å²) in [7, 11) is 0. The summed E-state index contributed by atoms with van der Waals surface area (Å²) in [6.07, 6.45) is 0.455. The molecule has 7 heteroatoms. The Morgan fingerprint density at radius 1 is 1.37 bits per heavy atom. The Kier molecular flexibility index (Phi) is 8.07. The molecule has 2 aromatic rings. The van der Waals surface area contributed by atoms with Gasteiger partial charge in [-0.25, -0.2) is 4.98 Å². The zero-order chi connectivity index (χ0) is 20.0. The van der Waals surface area contributed by atoms with Crippen LogP contribution >= 0.6 is 22.9 Å². The van der Waals surface area contributed by atoms with Gasteiger partial charge in [0.2, 0.25) is 5.91 Å². The van der Waals surface area contributed by atoms with Crippen LogP contribution in [0.5, 0.6) is 5.75 Å². The number of aromatic nitrogens is 1. The van der Waals surface area contributed by atoms with E-state index in [-0.39, 0.29) is 18.6 Å². The molecule has 1 unspecified atom stereocenters. The number of amides is 1. The van der Waals surface area contributed by atoms with E-state index in [1.165, 1.54) is 11.3 Å². The van der Waals surface area contributed by atoms with E-state index in [9.17, 15) is 4.79 Å². The van der Waals surface area contributed by atoms with Gasteiger partial charge in [0, 0.05) is 35.0 Å². The van der Waals surface area contributed by atoms with Crippen LogP contribution in [0.3, 0.4) is 0 Å². The molecule has 0 fully saturated rings. The second-order valence-electron chi connectivity index (χ2n) is 6.79. The van der Waals surface area contributed by atoms with E-state index < -0.39 is 0 Å². The maximum Gasteiger partial charge on any atom is 0.222 e. The highest BCUT2D eigenvalue weighted by atomic mass is 35.5. The smallest absolute Gasteiger partial charge is 0.222 e. The lowest BCUT2D eigenvalue weighted by Gasteiger charge is -2.32. The lowest BCUT2D eigenvalue weighted by atomic mass is 10.0. The van der Waals surface area contributed by atoms with Crippen molar-refractivity contribution in [1.82, 2.24) is 9.88 Å². The molecular formula is C20H27ClN2O3S. The van der Waals surface area contributed by atoms with E-state index in [1.54, 1.807) is 6.07 Å². The summed E-state index contributed by atoms with van der Waals surface area (Å²) in [5, 5.41) is 12.3. The molecule has 0 radical (unpaired) electrons. The number of rotatable bonds is 9. The van der Waals surface area contributed by atoms with Crippen molar-refractivity contribution in [2.24, 2.45) is 5.92 Å². The molecule has 0 saturated heterocycles. The van der Waals surface area contributed by atoms with Gasteiger partial charge in [0.25, 0.3) is 0 Å². The van der Waals surface area contributed by atoms with Crippen LogP contribution < -0.4 is 4.74 Å². The highest BCUT2D eigenvalue weighted by molar-refractivity contribution is 7.09. The number of carbonyl (C=O) groups excluding carboxylic acids is 1. The van der Waals surface area contributed by atoms with E-state index in [0.717, 1.165) is 10.6 Å². The average molecular weight is 411 g/mol. The number of hydrogen-bond donors (Lipinski definition) is 1. The predicted octanol–water partition coefficient (Wildman–Crippen LogP) is 4.65. The van der Waals surface area contributed by atoms with Crippen LogP contribution in [0.4, 0.5) is 0 Å². The summed E-state index contributed by atoms with van der Waals surface area (Å²) in [6, 6.07) is 5.56. The van der Waals surface area contributed by atoms with Crippen molar-refractivity contribution in [1.29, 1.82) is 0 Å². The van der Waals surface area contributed by atoms with Crippen molar-refractivity contribution >= 4 is 28.8 Å². The Labute approximate surface area is 169 Å². The highest BCUT2D eigenvalue weighted by Gasteiger charge is 2.23. The van der Waals surface area contributed by atoms with E-state index in [2.05, 4.69) is 25.8 Å². The highest BCUT2D eigenvalue weighted by Crippen LogP contribution is 2.27. The van der Waals surface area contributed by atoms with Crippen LogP contribution in [-0.4, -0.2) is 26.9 Å². The minimum absolute atomic E-state index is 0.0795. The number of carbonyl (C=O) groups is 1. The Hall–Kier alpha value is -1.63. The first-order valence-corrected chi connectivity index (χ1v) is 10.4. The van der Waals surface area contributed by atoms with Crippen molar-refractivity contribution in [3.63, 3.8) is 0 Å². The molecule has 148 valence electrons. The summed E-state index contributed by atoms with van der Waals surface area (Å²) in [6.45, 7) is 8.83. The van der Waals surface area contributed by atoms with Gasteiger partial charge in [0.1, 0.15) is 17.4 Å². The number of benzene rings is 1. The number of aliphatic hydroxyl groups excluding tert-OH is 1. The van der Waals surface area contributed by atoms with E-state index in [4.69, 9.17) is 21.4 Å². The van der Waals surface area contributed by atoms with Crippen molar-refractivity contribution in [3.05, 3.63) is 44.9 Å². The summed E-state index contributed by atoms with van der Waals surface area (Å²) in [4.78, 5) is 18.7. The number of halogens is 1. The zero-order valence-corrected chi connectivity index (χ0v) is 17.8. The summed E-state index contributed by atoms with van der Waals surface area (Å²) < 4.78 is 5.96. The quantitative estimate of drug-likeness (QED) is 0.653. The van der Waals surface area contributed by atoms with Crippen LogP contribution in [-0.2, 0) is 24.6 Å². The lowest BCUT2D eigenvalue weighted by molar-refractivity contribution is -0.134. The molecule has 1 aromatic carbocycles. The Morgan fingerprint density at radius 2 is 2.11 bits per heavy atom. The molecule has 0 aliphatic heterocycles. The molecular weight excluding hydrogens is 384 g/mol. The molecule has 1 heterocycles. The fourth-order valence-corrected chi connectivity index (χ4v) is 3.54. The van der Waals surface area contributed by atoms with Gasteiger partial charge in [0.05, 0.1) is 12.3 Å². The first-order chi connectivity index (χ1) is 12.8. The SMILES string of the molecule is CCC(=O)N(Cc1cc(Cl)ccc1OCc1nc(CO)cs1)C(C)C(C)C. The minimum atomic E-state index is -0.0795. The van der Waals surface area contributed by atoms with Crippen LogP contribution in [0.25, 0.3) is 0 Å². The van der Waals surface area contributed by atoms with E-state index >= 15 is 0 Å². The third kappa shape index (κ3) is 5.92. The number of aliphatic hydroxyl groups is 1. The standard InChI is InChI=1S/C20H27ClN2O3S/c1-5-20(25)23(14(4)13(2)3)9-15-8-16(21)6-7-18(15)26-11-19-22-17(10-24)12-27-19/h6-8,12-14,24H,5,9-11H2,1-4H3. The van der Waals surface area contributed by atoms with Gasteiger partial charge >= 0.3 is 0 Å². The molecule has 0 saturated carbocycles. The van der Waals surface area contributed by atoms with Gasteiger partial charge in [-0.05, 0) is 31.0 Å². The number of nitrogens with zero attached hydrogens (tertiary/aromatic N) is 2. The Morgan fingerprint density at radius 3 is 2.70 bits per heavy atom. The largest absolute Gasteiger partial charge is 0.486 e. The molecule has 1 atom stereocenters. The first kappa shape index (κ1) is 21.7. The monoisotopic (exact) mass is 410 g/mol. The molecule has 0 aliphatic rings. The third-order valence-electron chi connectivity index (χ3n) is 4.55. The summed E-state index contributed by atoms with van der Waals surface area (Å²) in [5.74, 6) is 1.14. The van der Waals surface area contributed by atoms with Gasteiger partial charge in [-0.1, -0.05) is 32.4 Å². The molecule has 2 rings (SSSR count). The van der Waals surface area contributed by atoms with Crippen molar-refractivity contribution in [3.8, 4) is 5.75 Å². The van der Waals surface area contributed by atoms with E-state index in [1.807, 2.05) is 29.3 Å². The molecule has 1 N–H and O–H groups in total. The summed E-state index contributed by atoms with van der Waals surface area (Å²) in [5.41, 5.74) is 1.51.